The molecule has 0 radical (unpaired) electrons. The van der Waals surface area contributed by atoms with E-state index in [2.05, 4.69) is 5.32 Å². The molecule has 1 aromatic rings. The number of phenolic OH excluding ortho intramolecular Hbond substituents is 1. The molecule has 2 rings (SSSR count). The molecule has 1 saturated carbocycles. The van der Waals surface area contributed by atoms with Crippen LogP contribution in [0.3, 0.4) is 0 Å². The first-order valence-electron chi connectivity index (χ1n) is 5.56. The summed E-state index contributed by atoms with van der Waals surface area (Å²) in [6, 6.07) is 4.81. The van der Waals surface area contributed by atoms with Crippen LogP contribution in [-0.2, 0) is 0 Å². The van der Waals surface area contributed by atoms with Gasteiger partial charge in [0.05, 0.1) is 5.56 Å². The second-order valence-corrected chi connectivity index (χ2v) is 4.23. The molecule has 4 heteroatoms. The predicted molar refractivity (Wildman–Crippen MR) is 62.2 cm³/mol. The van der Waals surface area contributed by atoms with Gasteiger partial charge in [-0.3, -0.25) is 4.79 Å². The van der Waals surface area contributed by atoms with Gasteiger partial charge in [-0.05, 0) is 25.0 Å². The van der Waals surface area contributed by atoms with Gasteiger partial charge in [-0.15, -0.1) is 0 Å². The number of nitrogens with one attached hydrogen (secondary N) is 1. The van der Waals surface area contributed by atoms with Gasteiger partial charge in [0.1, 0.15) is 5.75 Å². The summed E-state index contributed by atoms with van der Waals surface area (Å²) in [5.41, 5.74) is 6.25. The number of carbonyl (C=O) groups is 1. The van der Waals surface area contributed by atoms with Crippen LogP contribution in [0.2, 0.25) is 0 Å². The molecular weight excluding hydrogens is 204 g/mol. The molecule has 0 atom stereocenters. The van der Waals surface area contributed by atoms with Crippen LogP contribution in [0.4, 0.5) is 5.69 Å². The molecule has 0 bridgehead atoms. The number of phenols is 1. The van der Waals surface area contributed by atoms with E-state index in [0.717, 1.165) is 12.8 Å². The smallest absolute Gasteiger partial charge is 0.255 e. The summed E-state index contributed by atoms with van der Waals surface area (Å²) in [5, 5.41) is 12.5. The number of nitrogen functional groups attached to an aromatic ring is 1. The normalized spacial score (nSPS) is 16.2. The van der Waals surface area contributed by atoms with E-state index < -0.39 is 0 Å². The van der Waals surface area contributed by atoms with Gasteiger partial charge in [-0.2, -0.15) is 0 Å². The van der Waals surface area contributed by atoms with Crippen LogP contribution >= 0.6 is 0 Å². The van der Waals surface area contributed by atoms with Gasteiger partial charge in [0, 0.05) is 17.8 Å². The van der Waals surface area contributed by atoms with Crippen LogP contribution < -0.4 is 11.1 Å². The maximum Gasteiger partial charge on any atom is 0.255 e. The van der Waals surface area contributed by atoms with Crippen molar-refractivity contribution >= 4 is 11.6 Å². The molecule has 0 spiro atoms. The zero-order chi connectivity index (χ0) is 11.5. The summed E-state index contributed by atoms with van der Waals surface area (Å²) in [5.74, 6) is -0.278. The van der Waals surface area contributed by atoms with E-state index in [1.807, 2.05) is 0 Å². The Morgan fingerprint density at radius 3 is 2.69 bits per heavy atom. The number of benzene rings is 1. The lowest BCUT2D eigenvalue weighted by molar-refractivity contribution is 0.0935. The van der Waals surface area contributed by atoms with Crippen molar-refractivity contribution < 1.29 is 9.90 Å². The molecule has 0 aromatic heterocycles. The topological polar surface area (TPSA) is 75.4 Å². The minimum atomic E-state index is -0.218. The molecular formula is C12H16N2O2. The summed E-state index contributed by atoms with van der Waals surface area (Å²) in [4.78, 5) is 11.8. The first kappa shape index (κ1) is 10.8. The number of amides is 1. The lowest BCUT2D eigenvalue weighted by Gasteiger charge is -2.12. The van der Waals surface area contributed by atoms with Crippen LogP contribution in [-0.4, -0.2) is 17.1 Å². The third-order valence-corrected chi connectivity index (χ3v) is 2.96. The molecule has 16 heavy (non-hydrogen) atoms. The number of aromatic hydroxyl groups is 1. The summed E-state index contributed by atoms with van der Waals surface area (Å²) < 4.78 is 0. The standard InChI is InChI=1S/C12H16N2O2/c13-8-5-6-10(11(15)7-8)12(16)14-9-3-1-2-4-9/h5-7,9,15H,1-4,13H2,(H,14,16). The maximum absolute atomic E-state index is 11.8. The third kappa shape index (κ3) is 2.27. The summed E-state index contributed by atoms with van der Waals surface area (Å²) >= 11 is 0. The lowest BCUT2D eigenvalue weighted by atomic mass is 10.1. The minimum Gasteiger partial charge on any atom is -0.507 e. The van der Waals surface area contributed by atoms with E-state index in [0.29, 0.717) is 11.3 Å². The van der Waals surface area contributed by atoms with Crippen molar-refractivity contribution in [1.29, 1.82) is 0 Å². The van der Waals surface area contributed by atoms with Crippen LogP contribution in [0.5, 0.6) is 5.75 Å². The summed E-state index contributed by atoms with van der Waals surface area (Å²) in [7, 11) is 0. The highest BCUT2D eigenvalue weighted by atomic mass is 16.3. The van der Waals surface area contributed by atoms with E-state index in [-0.39, 0.29) is 17.7 Å². The van der Waals surface area contributed by atoms with Crippen molar-refractivity contribution in [2.24, 2.45) is 0 Å². The van der Waals surface area contributed by atoms with Crippen molar-refractivity contribution in [2.45, 2.75) is 31.7 Å². The predicted octanol–water partition coefficient (Wildman–Crippen LogP) is 1.65. The molecule has 1 aliphatic carbocycles. The number of carbonyl (C=O) groups excluding carboxylic acids is 1. The Bertz CT molecular complexity index is 398. The highest BCUT2D eigenvalue weighted by Crippen LogP contribution is 2.22. The van der Waals surface area contributed by atoms with Gasteiger partial charge in [0.15, 0.2) is 0 Å². The number of hydrogen-bond acceptors (Lipinski definition) is 3. The molecule has 1 aliphatic rings. The number of nitrogens with two attached hydrogens (primary N) is 1. The van der Waals surface area contributed by atoms with Crippen molar-refractivity contribution in [1.82, 2.24) is 5.32 Å². The monoisotopic (exact) mass is 220 g/mol. The second kappa shape index (κ2) is 4.43. The van der Waals surface area contributed by atoms with E-state index in [9.17, 15) is 9.90 Å². The fraction of sp³-hybridized carbons (Fsp3) is 0.417. The molecule has 0 aliphatic heterocycles. The maximum atomic E-state index is 11.8. The van der Waals surface area contributed by atoms with E-state index >= 15 is 0 Å². The Morgan fingerprint density at radius 2 is 2.06 bits per heavy atom. The van der Waals surface area contributed by atoms with Gasteiger partial charge in [0.25, 0.3) is 5.91 Å². The van der Waals surface area contributed by atoms with Crippen molar-refractivity contribution in [3.8, 4) is 5.75 Å². The highest BCUT2D eigenvalue weighted by Gasteiger charge is 2.19. The first-order valence-corrected chi connectivity index (χ1v) is 5.56. The van der Waals surface area contributed by atoms with E-state index in [1.165, 1.54) is 18.9 Å². The van der Waals surface area contributed by atoms with Gasteiger partial charge < -0.3 is 16.2 Å². The Hall–Kier alpha value is -1.71. The molecule has 4 nitrogen and oxygen atoms in total. The molecule has 0 heterocycles. The Morgan fingerprint density at radius 1 is 1.38 bits per heavy atom. The second-order valence-electron chi connectivity index (χ2n) is 4.23. The van der Waals surface area contributed by atoms with Crippen LogP contribution in [0.15, 0.2) is 18.2 Å². The molecule has 0 saturated heterocycles. The average Bonchev–Trinajstić information content (AvgIpc) is 2.70. The van der Waals surface area contributed by atoms with Crippen molar-refractivity contribution in [2.75, 3.05) is 5.73 Å². The SMILES string of the molecule is Nc1ccc(C(=O)NC2CCCC2)c(O)c1. The van der Waals surface area contributed by atoms with Crippen molar-refractivity contribution in [3.63, 3.8) is 0 Å². The first-order chi connectivity index (χ1) is 7.66. The Balaban J connectivity index is 2.08. The largest absolute Gasteiger partial charge is 0.507 e. The molecule has 1 fully saturated rings. The number of rotatable bonds is 2. The van der Waals surface area contributed by atoms with Crippen molar-refractivity contribution in [3.05, 3.63) is 23.8 Å². The van der Waals surface area contributed by atoms with Gasteiger partial charge in [-0.1, -0.05) is 12.8 Å². The third-order valence-electron chi connectivity index (χ3n) is 2.96. The minimum absolute atomic E-state index is 0.0597. The van der Waals surface area contributed by atoms with E-state index in [4.69, 9.17) is 5.73 Å². The Kier molecular flexibility index (Phi) is 2.99. The van der Waals surface area contributed by atoms with Gasteiger partial charge >= 0.3 is 0 Å². The zero-order valence-corrected chi connectivity index (χ0v) is 9.07. The molecule has 4 N–H and O–H groups in total. The molecule has 0 unspecified atom stereocenters. The fourth-order valence-electron chi connectivity index (χ4n) is 2.07. The Labute approximate surface area is 94.5 Å². The fourth-order valence-corrected chi connectivity index (χ4v) is 2.07. The number of hydrogen-bond donors (Lipinski definition) is 3. The molecule has 86 valence electrons. The van der Waals surface area contributed by atoms with Gasteiger partial charge in [-0.25, -0.2) is 0 Å². The van der Waals surface area contributed by atoms with E-state index in [1.54, 1.807) is 12.1 Å². The quantitative estimate of drug-likeness (QED) is 0.663. The highest BCUT2D eigenvalue weighted by molar-refractivity contribution is 5.97. The van der Waals surface area contributed by atoms with Crippen LogP contribution in [0.1, 0.15) is 36.0 Å². The molecule has 1 amide bonds. The average molecular weight is 220 g/mol. The van der Waals surface area contributed by atoms with Crippen LogP contribution in [0.25, 0.3) is 0 Å². The van der Waals surface area contributed by atoms with Crippen LogP contribution in [0, 0.1) is 0 Å². The number of anilines is 1. The molecule has 1 aromatic carbocycles. The summed E-state index contributed by atoms with van der Waals surface area (Å²) in [6.45, 7) is 0. The zero-order valence-electron chi connectivity index (χ0n) is 9.07. The van der Waals surface area contributed by atoms with Gasteiger partial charge in [0.2, 0.25) is 0 Å². The lowest BCUT2D eigenvalue weighted by Crippen LogP contribution is -2.32. The summed E-state index contributed by atoms with van der Waals surface area (Å²) in [6.07, 6.45) is 4.39.